The van der Waals surface area contributed by atoms with Gasteiger partial charge < -0.3 is 9.47 Å². The number of benzene rings is 2. The van der Waals surface area contributed by atoms with Gasteiger partial charge in [0.2, 0.25) is 0 Å². The third-order valence-electron chi connectivity index (χ3n) is 4.76. The van der Waals surface area contributed by atoms with E-state index in [1.165, 1.54) is 23.1 Å². The highest BCUT2D eigenvalue weighted by molar-refractivity contribution is 6.22. The van der Waals surface area contributed by atoms with Gasteiger partial charge in [0.1, 0.15) is 5.75 Å². The summed E-state index contributed by atoms with van der Waals surface area (Å²) in [7, 11) is 0. The van der Waals surface area contributed by atoms with Crippen LogP contribution in [0.3, 0.4) is 0 Å². The second-order valence-corrected chi connectivity index (χ2v) is 6.83. The first kappa shape index (κ1) is 21.2. The van der Waals surface area contributed by atoms with E-state index in [-0.39, 0.29) is 28.4 Å². The number of carbonyl (C=O) groups is 4. The Bertz CT molecular complexity index is 980. The molecule has 2 aromatic rings. The molecule has 0 spiro atoms. The maximum atomic E-state index is 12.5. The minimum absolute atomic E-state index is 0.117. The van der Waals surface area contributed by atoms with Gasteiger partial charge in [-0.25, -0.2) is 4.79 Å². The fourth-order valence-corrected chi connectivity index (χ4v) is 3.14. The van der Waals surface area contributed by atoms with E-state index in [0.717, 1.165) is 6.42 Å². The van der Waals surface area contributed by atoms with Crippen LogP contribution < -0.4 is 4.74 Å². The average molecular weight is 409 g/mol. The highest BCUT2D eigenvalue weighted by atomic mass is 16.5. The van der Waals surface area contributed by atoms with Crippen LogP contribution in [0.2, 0.25) is 0 Å². The molecule has 0 aliphatic carbocycles. The van der Waals surface area contributed by atoms with Gasteiger partial charge in [-0.05, 0) is 55.8 Å². The normalized spacial score (nSPS) is 12.7. The first-order valence-corrected chi connectivity index (χ1v) is 9.89. The third kappa shape index (κ3) is 4.40. The highest BCUT2D eigenvalue weighted by Gasteiger charge is 2.35. The molecular formula is C23H23NO6. The molecule has 0 fully saturated rings. The second-order valence-electron chi connectivity index (χ2n) is 6.83. The van der Waals surface area contributed by atoms with Crippen molar-refractivity contribution in [2.75, 3.05) is 19.8 Å². The maximum Gasteiger partial charge on any atom is 0.338 e. The van der Waals surface area contributed by atoms with Crippen LogP contribution in [-0.4, -0.2) is 48.2 Å². The van der Waals surface area contributed by atoms with Gasteiger partial charge in [-0.15, -0.1) is 0 Å². The van der Waals surface area contributed by atoms with Gasteiger partial charge in [-0.2, -0.15) is 0 Å². The van der Waals surface area contributed by atoms with Gasteiger partial charge in [0.25, 0.3) is 11.8 Å². The van der Waals surface area contributed by atoms with E-state index in [1.807, 2.05) is 13.8 Å². The Morgan fingerprint density at radius 1 is 0.900 bits per heavy atom. The Balaban J connectivity index is 1.64. The van der Waals surface area contributed by atoms with Crippen molar-refractivity contribution in [2.24, 2.45) is 0 Å². The molecule has 2 amide bonds. The van der Waals surface area contributed by atoms with Crippen molar-refractivity contribution in [1.82, 2.24) is 4.90 Å². The van der Waals surface area contributed by atoms with E-state index in [0.29, 0.717) is 30.9 Å². The van der Waals surface area contributed by atoms with Crippen LogP contribution in [0, 0.1) is 0 Å². The quantitative estimate of drug-likeness (QED) is 0.358. The van der Waals surface area contributed by atoms with Crippen LogP contribution in [0.15, 0.2) is 42.5 Å². The van der Waals surface area contributed by atoms with Crippen molar-refractivity contribution in [3.63, 3.8) is 0 Å². The van der Waals surface area contributed by atoms with E-state index in [4.69, 9.17) is 9.47 Å². The minimum atomic E-state index is -0.732. The molecule has 3 rings (SSSR count). The SMILES string of the molecule is CCCCN1C(=O)c2ccc(C(=O)OCC(=O)c3ccc(OCC)cc3)cc2C1=O. The van der Waals surface area contributed by atoms with Crippen LogP contribution >= 0.6 is 0 Å². The van der Waals surface area contributed by atoms with E-state index < -0.39 is 18.5 Å². The summed E-state index contributed by atoms with van der Waals surface area (Å²) >= 11 is 0. The standard InChI is InChI=1S/C23H23NO6/c1-3-5-12-24-21(26)18-11-8-16(13-19(18)22(24)27)23(28)30-14-20(25)15-6-9-17(10-7-15)29-4-2/h6-11,13H,3-5,12,14H2,1-2H3. The predicted molar refractivity (Wildman–Crippen MR) is 109 cm³/mol. The summed E-state index contributed by atoms with van der Waals surface area (Å²) in [6.45, 7) is 4.28. The van der Waals surface area contributed by atoms with E-state index in [1.54, 1.807) is 24.3 Å². The van der Waals surface area contributed by atoms with Gasteiger partial charge in [-0.1, -0.05) is 13.3 Å². The lowest BCUT2D eigenvalue weighted by Gasteiger charge is -2.12. The Morgan fingerprint density at radius 3 is 2.23 bits per heavy atom. The molecule has 0 unspecified atom stereocenters. The first-order chi connectivity index (χ1) is 14.5. The fourth-order valence-electron chi connectivity index (χ4n) is 3.14. The summed E-state index contributed by atoms with van der Waals surface area (Å²) in [5.74, 6) is -1.21. The Hall–Kier alpha value is -3.48. The topological polar surface area (TPSA) is 90.0 Å². The molecule has 1 aliphatic heterocycles. The lowest BCUT2D eigenvalue weighted by Crippen LogP contribution is -2.30. The molecule has 0 saturated heterocycles. The number of esters is 1. The minimum Gasteiger partial charge on any atom is -0.494 e. The number of fused-ring (bicyclic) bond motifs is 1. The number of hydrogen-bond donors (Lipinski definition) is 0. The number of nitrogens with zero attached hydrogens (tertiary/aromatic N) is 1. The summed E-state index contributed by atoms with van der Waals surface area (Å²) in [5.41, 5.74) is 0.973. The molecule has 0 aromatic heterocycles. The van der Waals surface area contributed by atoms with Gasteiger partial charge in [0.05, 0.1) is 23.3 Å². The van der Waals surface area contributed by atoms with Crippen LogP contribution in [0.1, 0.15) is 68.1 Å². The van der Waals surface area contributed by atoms with Gasteiger partial charge in [-0.3, -0.25) is 19.3 Å². The van der Waals surface area contributed by atoms with Gasteiger partial charge in [0.15, 0.2) is 12.4 Å². The van der Waals surface area contributed by atoms with Crippen molar-refractivity contribution in [1.29, 1.82) is 0 Å². The molecule has 0 bridgehead atoms. The summed E-state index contributed by atoms with van der Waals surface area (Å²) in [6.07, 6.45) is 1.57. The summed E-state index contributed by atoms with van der Waals surface area (Å²) in [5, 5.41) is 0. The maximum absolute atomic E-state index is 12.5. The summed E-state index contributed by atoms with van der Waals surface area (Å²) in [4.78, 5) is 50.7. The van der Waals surface area contributed by atoms with E-state index >= 15 is 0 Å². The van der Waals surface area contributed by atoms with Crippen LogP contribution in [0.4, 0.5) is 0 Å². The number of amides is 2. The Labute approximate surface area is 174 Å². The molecule has 2 aromatic carbocycles. The zero-order valence-electron chi connectivity index (χ0n) is 17.0. The first-order valence-electron chi connectivity index (χ1n) is 9.89. The van der Waals surface area contributed by atoms with Crippen LogP contribution in [0.5, 0.6) is 5.75 Å². The molecule has 1 aliphatic rings. The number of hydrogen-bond acceptors (Lipinski definition) is 6. The zero-order valence-corrected chi connectivity index (χ0v) is 17.0. The molecule has 1 heterocycles. The molecule has 156 valence electrons. The molecule has 0 saturated carbocycles. The van der Waals surface area contributed by atoms with Crippen molar-refractivity contribution < 1.29 is 28.7 Å². The van der Waals surface area contributed by atoms with Crippen molar-refractivity contribution in [3.8, 4) is 5.75 Å². The monoisotopic (exact) mass is 409 g/mol. The number of ether oxygens (including phenoxy) is 2. The van der Waals surface area contributed by atoms with Crippen LogP contribution in [-0.2, 0) is 4.74 Å². The summed E-state index contributed by atoms with van der Waals surface area (Å²) < 4.78 is 10.4. The van der Waals surface area contributed by atoms with E-state index in [9.17, 15) is 19.2 Å². The molecular weight excluding hydrogens is 386 g/mol. The number of imide groups is 1. The third-order valence-corrected chi connectivity index (χ3v) is 4.76. The van der Waals surface area contributed by atoms with Crippen molar-refractivity contribution >= 4 is 23.6 Å². The highest BCUT2D eigenvalue weighted by Crippen LogP contribution is 2.25. The van der Waals surface area contributed by atoms with Gasteiger partial charge in [0, 0.05) is 12.1 Å². The molecule has 7 heteroatoms. The number of ketones is 1. The lowest BCUT2D eigenvalue weighted by molar-refractivity contribution is 0.0474. The van der Waals surface area contributed by atoms with Crippen molar-refractivity contribution in [3.05, 3.63) is 64.7 Å². The molecule has 0 atom stereocenters. The Morgan fingerprint density at radius 2 is 1.57 bits per heavy atom. The largest absolute Gasteiger partial charge is 0.494 e. The fraction of sp³-hybridized carbons (Fsp3) is 0.304. The lowest BCUT2D eigenvalue weighted by atomic mass is 10.1. The number of unbranched alkanes of at least 4 members (excludes halogenated alkanes) is 1. The van der Waals surface area contributed by atoms with E-state index in [2.05, 4.69) is 0 Å². The molecule has 0 radical (unpaired) electrons. The molecule has 30 heavy (non-hydrogen) atoms. The van der Waals surface area contributed by atoms with Gasteiger partial charge >= 0.3 is 5.97 Å². The molecule has 7 nitrogen and oxygen atoms in total. The average Bonchev–Trinajstić information content (AvgIpc) is 3.00. The number of rotatable bonds is 9. The zero-order chi connectivity index (χ0) is 21.7. The van der Waals surface area contributed by atoms with Crippen LogP contribution in [0.25, 0.3) is 0 Å². The number of carbonyl (C=O) groups excluding carboxylic acids is 4. The summed E-state index contributed by atoms with van der Waals surface area (Å²) in [6, 6.07) is 10.8. The number of Topliss-reactive ketones (excluding diaryl/α,β-unsaturated/α-hetero) is 1. The Kier molecular flexibility index (Phi) is 6.61. The molecule has 0 N–H and O–H groups in total. The smallest absolute Gasteiger partial charge is 0.338 e. The van der Waals surface area contributed by atoms with Crippen molar-refractivity contribution in [2.45, 2.75) is 26.7 Å². The second kappa shape index (κ2) is 9.35. The predicted octanol–water partition coefficient (Wildman–Crippen LogP) is 3.52.